The van der Waals surface area contributed by atoms with Crippen LogP contribution >= 0.6 is 0 Å². The highest BCUT2D eigenvalue weighted by atomic mass is 19.4. The second-order valence-electron chi connectivity index (χ2n) is 12.4. The van der Waals surface area contributed by atoms with Crippen LogP contribution in [-0.2, 0) is 12.6 Å². The molecule has 0 radical (unpaired) electrons. The molecule has 0 spiro atoms. The Morgan fingerprint density at radius 2 is 1.49 bits per heavy atom. The summed E-state index contributed by atoms with van der Waals surface area (Å²) in [7, 11) is 0. The molecular formula is C35H46F4O2. The molecule has 2 aromatic rings. The van der Waals surface area contributed by atoms with E-state index in [2.05, 4.69) is 38.1 Å². The van der Waals surface area contributed by atoms with Gasteiger partial charge in [-0.25, -0.2) is 4.39 Å². The minimum atomic E-state index is -4.99. The molecule has 226 valence electrons. The third-order valence-corrected chi connectivity index (χ3v) is 9.57. The van der Waals surface area contributed by atoms with Crippen LogP contribution in [0.25, 0.3) is 0 Å². The Balaban J connectivity index is 1.31. The van der Waals surface area contributed by atoms with Crippen LogP contribution in [0.3, 0.4) is 0 Å². The lowest BCUT2D eigenvalue weighted by molar-refractivity contribution is -0.140. The minimum Gasteiger partial charge on any atom is -0.490 e. The van der Waals surface area contributed by atoms with Gasteiger partial charge in [0.1, 0.15) is 5.56 Å². The van der Waals surface area contributed by atoms with Crippen LogP contribution < -0.4 is 4.74 Å². The number of carbonyl (C=O) groups excluding carboxylic acids is 1. The molecule has 0 saturated heterocycles. The SMILES string of the molecule is CCCC1CCC(c2ccc(CCCC(=O)c3ccc(OCC4CCC(CC)CC4)c(F)c3C(F)(F)F)cc2)CC1. The summed E-state index contributed by atoms with van der Waals surface area (Å²) in [5, 5.41) is 0. The monoisotopic (exact) mass is 574 g/mol. The van der Waals surface area contributed by atoms with Crippen LogP contribution in [0.2, 0.25) is 0 Å². The topological polar surface area (TPSA) is 26.3 Å². The summed E-state index contributed by atoms with van der Waals surface area (Å²) in [5.74, 6) is -0.250. The van der Waals surface area contributed by atoms with E-state index in [1.807, 2.05) is 0 Å². The number of carbonyl (C=O) groups is 1. The third kappa shape index (κ3) is 8.58. The number of ether oxygens (including phenoxy) is 1. The molecule has 0 bridgehead atoms. The first kappa shape index (κ1) is 31.6. The second-order valence-corrected chi connectivity index (χ2v) is 12.4. The van der Waals surface area contributed by atoms with Gasteiger partial charge < -0.3 is 4.74 Å². The van der Waals surface area contributed by atoms with Gasteiger partial charge in [0.2, 0.25) is 0 Å². The lowest BCUT2D eigenvalue weighted by Crippen LogP contribution is -2.21. The Morgan fingerprint density at radius 1 is 0.854 bits per heavy atom. The van der Waals surface area contributed by atoms with Crippen molar-refractivity contribution < 1.29 is 27.1 Å². The number of halogens is 4. The van der Waals surface area contributed by atoms with Crippen LogP contribution in [-0.4, -0.2) is 12.4 Å². The summed E-state index contributed by atoms with van der Waals surface area (Å²) >= 11 is 0. The zero-order valence-electron chi connectivity index (χ0n) is 24.7. The van der Waals surface area contributed by atoms with E-state index in [0.717, 1.165) is 49.7 Å². The Hall–Kier alpha value is -2.37. The molecule has 0 heterocycles. The van der Waals surface area contributed by atoms with E-state index < -0.39 is 34.7 Å². The van der Waals surface area contributed by atoms with Gasteiger partial charge in [-0.2, -0.15) is 13.2 Å². The summed E-state index contributed by atoms with van der Waals surface area (Å²) in [5.41, 5.74) is 0.286. The number of hydrogen-bond acceptors (Lipinski definition) is 2. The smallest absolute Gasteiger partial charge is 0.420 e. The molecule has 2 fully saturated rings. The maximum Gasteiger partial charge on any atom is 0.420 e. The molecule has 2 aliphatic rings. The number of rotatable bonds is 12. The number of benzene rings is 2. The molecule has 0 N–H and O–H groups in total. The van der Waals surface area contributed by atoms with E-state index >= 15 is 4.39 Å². The average molecular weight is 575 g/mol. The van der Waals surface area contributed by atoms with Crippen molar-refractivity contribution in [1.82, 2.24) is 0 Å². The third-order valence-electron chi connectivity index (χ3n) is 9.57. The fourth-order valence-electron chi connectivity index (χ4n) is 6.93. The largest absolute Gasteiger partial charge is 0.490 e. The van der Waals surface area contributed by atoms with Crippen LogP contribution in [0, 0.1) is 23.6 Å². The minimum absolute atomic E-state index is 0.0768. The highest BCUT2D eigenvalue weighted by molar-refractivity contribution is 5.98. The number of alkyl halides is 3. The first-order valence-corrected chi connectivity index (χ1v) is 15.8. The molecule has 4 rings (SSSR count). The van der Waals surface area contributed by atoms with E-state index in [1.54, 1.807) is 0 Å². The lowest BCUT2D eigenvalue weighted by Gasteiger charge is -2.28. The van der Waals surface area contributed by atoms with E-state index in [0.29, 0.717) is 24.7 Å². The van der Waals surface area contributed by atoms with Crippen molar-refractivity contribution in [3.8, 4) is 5.75 Å². The van der Waals surface area contributed by atoms with Gasteiger partial charge in [0.15, 0.2) is 17.3 Å². The van der Waals surface area contributed by atoms with Gasteiger partial charge in [-0.3, -0.25) is 4.79 Å². The van der Waals surface area contributed by atoms with Gasteiger partial charge in [0, 0.05) is 12.0 Å². The van der Waals surface area contributed by atoms with Gasteiger partial charge >= 0.3 is 6.18 Å². The maximum atomic E-state index is 15.1. The number of aryl methyl sites for hydroxylation is 1. The van der Waals surface area contributed by atoms with Crippen molar-refractivity contribution in [2.75, 3.05) is 6.61 Å². The zero-order chi connectivity index (χ0) is 29.4. The highest BCUT2D eigenvalue weighted by Crippen LogP contribution is 2.40. The van der Waals surface area contributed by atoms with E-state index in [1.165, 1.54) is 50.2 Å². The molecule has 2 aliphatic carbocycles. The van der Waals surface area contributed by atoms with Crippen LogP contribution in [0.4, 0.5) is 17.6 Å². The predicted octanol–water partition coefficient (Wildman–Crippen LogP) is 10.7. The average Bonchev–Trinajstić information content (AvgIpc) is 2.97. The molecule has 0 aromatic heterocycles. The van der Waals surface area contributed by atoms with Crippen LogP contribution in [0.5, 0.6) is 5.75 Å². The first-order valence-electron chi connectivity index (χ1n) is 15.8. The molecular weight excluding hydrogens is 528 g/mol. The predicted molar refractivity (Wildman–Crippen MR) is 156 cm³/mol. The lowest BCUT2D eigenvalue weighted by atomic mass is 9.77. The van der Waals surface area contributed by atoms with Crippen molar-refractivity contribution in [3.05, 3.63) is 64.5 Å². The molecule has 2 saturated carbocycles. The van der Waals surface area contributed by atoms with Crippen LogP contribution in [0.15, 0.2) is 36.4 Å². The van der Waals surface area contributed by atoms with Gasteiger partial charge in [-0.1, -0.05) is 70.2 Å². The Kier molecular flexibility index (Phi) is 11.3. The quantitative estimate of drug-likeness (QED) is 0.186. The molecule has 0 amide bonds. The standard InChI is InChI=1S/C35H46F4O2/c1-3-6-25-13-17-28(18-14-25)29-19-15-26(16-20-29)7-5-8-31(40)30-21-22-32(34(36)33(30)35(37,38)39)41-23-27-11-9-24(4-2)10-12-27/h15-16,19-22,24-25,27-28H,3-14,17-18,23H2,1-2H3. The van der Waals surface area contributed by atoms with E-state index in [4.69, 9.17) is 4.74 Å². The summed E-state index contributed by atoms with van der Waals surface area (Å²) in [6, 6.07) is 10.7. The maximum absolute atomic E-state index is 15.1. The van der Waals surface area contributed by atoms with E-state index in [9.17, 15) is 18.0 Å². The molecule has 0 unspecified atom stereocenters. The molecule has 0 atom stereocenters. The summed E-state index contributed by atoms with van der Waals surface area (Å²) in [6.07, 6.45) is 8.64. The van der Waals surface area contributed by atoms with Crippen LogP contribution in [0.1, 0.15) is 130 Å². The van der Waals surface area contributed by atoms with Crippen molar-refractivity contribution in [2.24, 2.45) is 17.8 Å². The van der Waals surface area contributed by atoms with Crippen molar-refractivity contribution in [1.29, 1.82) is 0 Å². The first-order chi connectivity index (χ1) is 19.7. The fraction of sp³-hybridized carbons (Fsp3) is 0.629. The summed E-state index contributed by atoms with van der Waals surface area (Å²) in [4.78, 5) is 12.9. The Labute approximate surface area is 243 Å². The molecule has 6 heteroatoms. The summed E-state index contributed by atoms with van der Waals surface area (Å²) in [6.45, 7) is 4.60. The molecule has 0 aliphatic heterocycles. The van der Waals surface area contributed by atoms with Gasteiger partial charge in [-0.15, -0.1) is 0 Å². The fourth-order valence-corrected chi connectivity index (χ4v) is 6.93. The Bertz CT molecular complexity index is 1110. The number of hydrogen-bond donors (Lipinski definition) is 0. The number of Topliss-reactive ketones (excluding diaryl/α,β-unsaturated/α-hetero) is 1. The van der Waals surface area contributed by atoms with Gasteiger partial charge in [-0.05, 0) is 98.3 Å². The van der Waals surface area contributed by atoms with Gasteiger partial charge in [0.25, 0.3) is 0 Å². The Morgan fingerprint density at radius 3 is 2.10 bits per heavy atom. The van der Waals surface area contributed by atoms with E-state index in [-0.39, 0.29) is 18.9 Å². The molecule has 2 aromatic carbocycles. The zero-order valence-corrected chi connectivity index (χ0v) is 24.7. The van der Waals surface area contributed by atoms with Crippen molar-refractivity contribution in [3.63, 3.8) is 0 Å². The summed E-state index contributed by atoms with van der Waals surface area (Å²) < 4.78 is 62.4. The normalized spacial score (nSPS) is 23.4. The van der Waals surface area contributed by atoms with Crippen molar-refractivity contribution in [2.45, 2.75) is 116 Å². The molecule has 41 heavy (non-hydrogen) atoms. The number of ketones is 1. The highest BCUT2D eigenvalue weighted by Gasteiger charge is 2.40. The second kappa shape index (κ2) is 14.7. The molecule has 2 nitrogen and oxygen atoms in total. The van der Waals surface area contributed by atoms with Gasteiger partial charge in [0.05, 0.1) is 6.61 Å². The van der Waals surface area contributed by atoms with Crippen molar-refractivity contribution >= 4 is 5.78 Å².